The summed E-state index contributed by atoms with van der Waals surface area (Å²) in [4.78, 5) is 2.61. The van der Waals surface area contributed by atoms with Crippen molar-refractivity contribution in [3.63, 3.8) is 0 Å². The normalized spacial score (nSPS) is 26.2. The number of phenolic OH excluding ortho intramolecular Hbond substituents is 1. The van der Waals surface area contributed by atoms with Crippen LogP contribution in [0, 0.1) is 5.92 Å². The quantitative estimate of drug-likeness (QED) is 0.471. The molecule has 0 aromatic heterocycles. The van der Waals surface area contributed by atoms with Gasteiger partial charge in [-0.3, -0.25) is 0 Å². The second-order valence-electron chi connectivity index (χ2n) is 7.20. The summed E-state index contributed by atoms with van der Waals surface area (Å²) < 4.78 is 0. The van der Waals surface area contributed by atoms with Crippen molar-refractivity contribution in [2.45, 2.75) is 58.3 Å². The topological polar surface area (TPSA) is 49.5 Å². The van der Waals surface area contributed by atoms with Crippen molar-refractivity contribution in [3.8, 4) is 5.75 Å². The third kappa shape index (κ3) is 3.75. The van der Waals surface area contributed by atoms with E-state index in [1.807, 2.05) is 12.1 Å². The number of piperidine rings is 1. The Morgan fingerprint density at radius 2 is 2.09 bits per heavy atom. The van der Waals surface area contributed by atoms with Gasteiger partial charge >= 0.3 is 0 Å². The number of benzene rings is 1. The molecular weight excluding hydrogens is 272 g/mol. The molecule has 3 nitrogen and oxygen atoms in total. The molecule has 0 saturated carbocycles. The summed E-state index contributed by atoms with van der Waals surface area (Å²) >= 11 is 0. The lowest BCUT2D eigenvalue weighted by molar-refractivity contribution is 0.109. The van der Waals surface area contributed by atoms with Crippen LogP contribution < -0.4 is 5.73 Å². The molecule has 0 spiro atoms. The molecule has 2 unspecified atom stereocenters. The first kappa shape index (κ1) is 17.1. The lowest BCUT2D eigenvalue weighted by atomic mass is 9.68. The average molecular weight is 304 g/mol. The number of nitrogens with two attached hydrogens (primary N) is 1. The average Bonchev–Trinajstić information content (AvgIpc) is 2.50. The minimum Gasteiger partial charge on any atom is -0.506 e. The smallest absolute Gasteiger partial charge is 0.138 e. The summed E-state index contributed by atoms with van der Waals surface area (Å²) in [5, 5.41) is 9.91. The first-order valence-corrected chi connectivity index (χ1v) is 8.78. The van der Waals surface area contributed by atoms with Gasteiger partial charge in [-0.15, -0.1) is 0 Å². The van der Waals surface area contributed by atoms with E-state index in [-0.39, 0.29) is 11.2 Å². The van der Waals surface area contributed by atoms with Gasteiger partial charge in [0.05, 0.1) is 5.69 Å². The van der Waals surface area contributed by atoms with Crippen LogP contribution in [-0.2, 0) is 5.41 Å². The molecule has 3 N–H and O–H groups in total. The van der Waals surface area contributed by atoms with E-state index < -0.39 is 0 Å². The molecule has 1 aliphatic heterocycles. The summed E-state index contributed by atoms with van der Waals surface area (Å²) in [5.41, 5.74) is 7.56. The number of nitrogens with zero attached hydrogens (tertiary/aromatic N) is 1. The third-order valence-corrected chi connectivity index (χ3v) is 5.58. The molecule has 0 amide bonds. The highest BCUT2D eigenvalue weighted by molar-refractivity contribution is 5.54. The summed E-state index contributed by atoms with van der Waals surface area (Å²) in [5.74, 6) is 0.795. The highest BCUT2D eigenvalue weighted by atomic mass is 16.3. The Balaban J connectivity index is 1.98. The number of likely N-dealkylation sites (tertiary alicyclic amines) is 1. The van der Waals surface area contributed by atoms with Crippen LogP contribution in [0.25, 0.3) is 0 Å². The number of nitrogen functional groups attached to an aromatic ring is 1. The molecule has 1 aliphatic rings. The van der Waals surface area contributed by atoms with Gasteiger partial charge in [0.25, 0.3) is 0 Å². The molecule has 0 radical (unpaired) electrons. The Bertz CT molecular complexity index is 488. The zero-order valence-electron chi connectivity index (χ0n) is 14.4. The van der Waals surface area contributed by atoms with E-state index in [0.29, 0.717) is 11.6 Å². The predicted octanol–water partition coefficient (Wildman–Crippen LogP) is 4.15. The Hall–Kier alpha value is -1.22. The van der Waals surface area contributed by atoms with Gasteiger partial charge in [-0.2, -0.15) is 0 Å². The van der Waals surface area contributed by atoms with Crippen molar-refractivity contribution in [2.24, 2.45) is 5.92 Å². The molecule has 1 fully saturated rings. The van der Waals surface area contributed by atoms with Gasteiger partial charge in [-0.1, -0.05) is 46.1 Å². The van der Waals surface area contributed by atoms with Crippen LogP contribution in [-0.4, -0.2) is 29.6 Å². The molecule has 2 atom stereocenters. The van der Waals surface area contributed by atoms with Crippen LogP contribution in [0.1, 0.15) is 58.4 Å². The number of phenols is 1. The maximum atomic E-state index is 9.91. The number of anilines is 1. The standard InChI is InChI=1S/C19H32N2O/c1-4-5-6-7-11-21-12-10-19(3,15(2)14-21)16-8-9-17(20)18(22)13-16/h8-9,13,15,22H,4-7,10-12,14,20H2,1-3H3. The molecule has 1 saturated heterocycles. The molecule has 2 rings (SSSR count). The fourth-order valence-corrected chi connectivity index (χ4v) is 3.61. The van der Waals surface area contributed by atoms with Crippen LogP contribution in [0.2, 0.25) is 0 Å². The number of aromatic hydroxyl groups is 1. The Morgan fingerprint density at radius 1 is 1.32 bits per heavy atom. The Kier molecular flexibility index (Phi) is 5.74. The van der Waals surface area contributed by atoms with E-state index in [1.165, 1.54) is 37.8 Å². The van der Waals surface area contributed by atoms with Gasteiger partial charge in [-0.25, -0.2) is 0 Å². The second kappa shape index (κ2) is 7.36. The van der Waals surface area contributed by atoms with Gasteiger partial charge in [0, 0.05) is 6.54 Å². The summed E-state index contributed by atoms with van der Waals surface area (Å²) in [6, 6.07) is 5.78. The first-order valence-electron chi connectivity index (χ1n) is 8.78. The fraction of sp³-hybridized carbons (Fsp3) is 0.684. The molecular formula is C19H32N2O. The van der Waals surface area contributed by atoms with E-state index in [1.54, 1.807) is 0 Å². The van der Waals surface area contributed by atoms with E-state index >= 15 is 0 Å². The van der Waals surface area contributed by atoms with Crippen LogP contribution >= 0.6 is 0 Å². The number of hydrogen-bond acceptors (Lipinski definition) is 3. The van der Waals surface area contributed by atoms with Crippen molar-refractivity contribution in [2.75, 3.05) is 25.4 Å². The van der Waals surface area contributed by atoms with Crippen LogP contribution in [0.15, 0.2) is 18.2 Å². The van der Waals surface area contributed by atoms with E-state index in [9.17, 15) is 5.11 Å². The molecule has 124 valence electrons. The first-order chi connectivity index (χ1) is 10.5. The SMILES string of the molecule is CCCCCCN1CCC(C)(c2ccc(N)c(O)c2)C(C)C1. The molecule has 1 heterocycles. The maximum Gasteiger partial charge on any atom is 0.138 e. The second-order valence-corrected chi connectivity index (χ2v) is 7.20. The third-order valence-electron chi connectivity index (χ3n) is 5.58. The van der Waals surface area contributed by atoms with Crippen molar-refractivity contribution >= 4 is 5.69 Å². The minimum absolute atomic E-state index is 0.130. The lowest BCUT2D eigenvalue weighted by Gasteiger charge is -2.45. The predicted molar refractivity (Wildman–Crippen MR) is 94.2 cm³/mol. The molecule has 22 heavy (non-hydrogen) atoms. The van der Waals surface area contributed by atoms with Crippen molar-refractivity contribution in [1.29, 1.82) is 0 Å². The largest absolute Gasteiger partial charge is 0.506 e. The monoisotopic (exact) mass is 304 g/mol. The fourth-order valence-electron chi connectivity index (χ4n) is 3.61. The number of unbranched alkanes of at least 4 members (excludes halogenated alkanes) is 3. The van der Waals surface area contributed by atoms with Crippen LogP contribution in [0.5, 0.6) is 5.75 Å². The van der Waals surface area contributed by atoms with Gasteiger partial charge in [-0.05, 0) is 55.0 Å². The minimum atomic E-state index is 0.130. The Labute approximate surface area is 135 Å². The lowest BCUT2D eigenvalue weighted by Crippen LogP contribution is -2.47. The molecule has 3 heteroatoms. The number of rotatable bonds is 6. The summed E-state index contributed by atoms with van der Waals surface area (Å²) in [7, 11) is 0. The zero-order chi connectivity index (χ0) is 16.2. The zero-order valence-corrected chi connectivity index (χ0v) is 14.4. The van der Waals surface area contributed by atoms with Crippen molar-refractivity contribution < 1.29 is 5.11 Å². The highest BCUT2D eigenvalue weighted by Gasteiger charge is 2.38. The van der Waals surface area contributed by atoms with Crippen LogP contribution in [0.3, 0.4) is 0 Å². The summed E-state index contributed by atoms with van der Waals surface area (Å²) in [6.07, 6.45) is 6.47. The molecule has 0 bridgehead atoms. The molecule has 1 aromatic rings. The van der Waals surface area contributed by atoms with E-state index in [0.717, 1.165) is 19.5 Å². The van der Waals surface area contributed by atoms with Gasteiger partial charge in [0.15, 0.2) is 0 Å². The van der Waals surface area contributed by atoms with Crippen LogP contribution in [0.4, 0.5) is 5.69 Å². The van der Waals surface area contributed by atoms with Gasteiger partial charge < -0.3 is 15.7 Å². The van der Waals surface area contributed by atoms with Gasteiger partial charge in [0.2, 0.25) is 0 Å². The van der Waals surface area contributed by atoms with E-state index in [4.69, 9.17) is 5.73 Å². The maximum absolute atomic E-state index is 9.91. The number of hydrogen-bond donors (Lipinski definition) is 2. The van der Waals surface area contributed by atoms with Crippen molar-refractivity contribution in [1.82, 2.24) is 4.90 Å². The summed E-state index contributed by atoms with van der Waals surface area (Å²) in [6.45, 7) is 10.5. The Morgan fingerprint density at radius 3 is 2.73 bits per heavy atom. The highest BCUT2D eigenvalue weighted by Crippen LogP contribution is 2.41. The van der Waals surface area contributed by atoms with Gasteiger partial charge in [0.1, 0.15) is 5.75 Å². The van der Waals surface area contributed by atoms with Crippen molar-refractivity contribution in [3.05, 3.63) is 23.8 Å². The molecule has 0 aliphatic carbocycles. The molecule has 1 aromatic carbocycles. The van der Waals surface area contributed by atoms with E-state index in [2.05, 4.69) is 31.7 Å².